The van der Waals surface area contributed by atoms with Gasteiger partial charge in [-0.15, -0.1) is 0 Å². The van der Waals surface area contributed by atoms with E-state index >= 15 is 0 Å². The topological polar surface area (TPSA) is 68.3 Å². The lowest BCUT2D eigenvalue weighted by molar-refractivity contribution is 0.550. The highest BCUT2D eigenvalue weighted by Gasteiger charge is 2.29. The Morgan fingerprint density at radius 2 is 1.42 bits per heavy atom. The first kappa shape index (κ1) is 11.2. The Bertz CT molecular complexity index is 368. The zero-order chi connectivity index (χ0) is 9.99. The average molecular weight is 218 g/mol. The lowest BCUT2D eigenvalue weighted by atomic mass is 10.6. The zero-order valence-corrected chi connectivity index (χ0v) is 7.20. The van der Waals surface area contributed by atoms with Gasteiger partial charge in [-0.05, 0) is 6.08 Å². The van der Waals surface area contributed by atoms with E-state index in [0.29, 0.717) is 6.08 Å². The molecule has 0 unspecified atom stereocenters. The largest absolute Gasteiger partial charge is 0.345 e. The first-order valence-corrected chi connectivity index (χ1v) is 5.18. The second kappa shape index (κ2) is 3.31. The van der Waals surface area contributed by atoms with Crippen LogP contribution >= 0.6 is 0 Å². The zero-order valence-electron chi connectivity index (χ0n) is 5.57. The molecule has 0 saturated heterocycles. The van der Waals surface area contributed by atoms with Crippen molar-refractivity contribution in [2.24, 2.45) is 0 Å². The highest BCUT2D eigenvalue weighted by atomic mass is 32.3. The van der Waals surface area contributed by atoms with Gasteiger partial charge in [0.15, 0.2) is 0 Å². The van der Waals surface area contributed by atoms with E-state index in [9.17, 15) is 24.6 Å². The fraction of sp³-hybridized carbons (Fsp3) is 0. The molecule has 0 aliphatic heterocycles. The van der Waals surface area contributed by atoms with Crippen LogP contribution in [0.3, 0.4) is 0 Å². The van der Waals surface area contributed by atoms with Gasteiger partial charge in [0.1, 0.15) is 0 Å². The van der Waals surface area contributed by atoms with Gasteiger partial charge in [0.05, 0.1) is 0 Å². The van der Waals surface area contributed by atoms with Crippen LogP contribution < -0.4 is 0 Å². The second-order valence-corrected chi connectivity index (χ2v) is 4.49. The smallest absolute Gasteiger partial charge is 0.188 e. The van der Waals surface area contributed by atoms with Gasteiger partial charge in [-0.1, -0.05) is 20.4 Å². The summed E-state index contributed by atoms with van der Waals surface area (Å²) >= 11 is 0. The molecule has 0 fully saturated rings. The summed E-state index contributed by atoms with van der Waals surface area (Å²) in [5.74, 6) is 0. The molecule has 0 saturated carbocycles. The van der Waals surface area contributed by atoms with E-state index in [1.54, 1.807) is 0 Å². The van der Waals surface area contributed by atoms with Gasteiger partial charge >= 0.3 is 20.4 Å². The molecule has 0 rings (SSSR count). The summed E-state index contributed by atoms with van der Waals surface area (Å²) in [6.07, 6.45) is 0.855. The monoisotopic (exact) mass is 218 g/mol. The molecular weight excluding hydrogens is 214 g/mol. The summed E-state index contributed by atoms with van der Waals surface area (Å²) in [6.45, 7) is 2.89. The van der Waals surface area contributed by atoms with Crippen molar-refractivity contribution in [1.29, 1.82) is 0 Å². The average Bonchev–Trinajstić information content (AvgIpc) is 1.77. The van der Waals surface area contributed by atoms with Crippen molar-refractivity contribution in [3.63, 3.8) is 0 Å². The van der Waals surface area contributed by atoms with Crippen LogP contribution in [0.1, 0.15) is 0 Å². The second-order valence-electron chi connectivity index (χ2n) is 1.60. The Morgan fingerprint density at radius 1 is 1.08 bits per heavy atom. The maximum absolute atomic E-state index is 12.0. The number of halogens is 2. The van der Waals surface area contributed by atoms with E-state index in [1.807, 2.05) is 0 Å². The van der Waals surface area contributed by atoms with E-state index in [-0.39, 0.29) is 6.08 Å². The molecule has 4 nitrogen and oxygen atoms in total. The molecule has 0 N–H and O–H groups in total. The minimum atomic E-state index is -5.56. The maximum atomic E-state index is 12.0. The van der Waals surface area contributed by atoms with E-state index in [4.69, 9.17) is 0 Å². The number of rotatable bonds is 3. The van der Waals surface area contributed by atoms with Gasteiger partial charge in [-0.3, -0.25) is 0 Å². The highest BCUT2D eigenvalue weighted by molar-refractivity contribution is 8.09. The van der Waals surface area contributed by atoms with Crippen molar-refractivity contribution in [3.8, 4) is 0 Å². The molecule has 0 aromatic carbocycles. The van der Waals surface area contributed by atoms with Gasteiger partial charge in [0, 0.05) is 0 Å². The standard InChI is InChI=1S/C4H4F2O4S2/c1-2-3-4(11(5,7)8)12(6,9)10/h2-3H,1H2. The van der Waals surface area contributed by atoms with E-state index in [1.165, 1.54) is 0 Å². The quantitative estimate of drug-likeness (QED) is 0.514. The van der Waals surface area contributed by atoms with Crippen LogP contribution in [0.5, 0.6) is 0 Å². The van der Waals surface area contributed by atoms with Gasteiger partial charge < -0.3 is 0 Å². The molecule has 0 aromatic rings. The van der Waals surface area contributed by atoms with Gasteiger partial charge in [0.2, 0.25) is 4.24 Å². The Hall–Kier alpha value is -0.760. The molecule has 0 heterocycles. The summed E-state index contributed by atoms with van der Waals surface area (Å²) in [5, 5.41) is 0. The van der Waals surface area contributed by atoms with E-state index < -0.39 is 24.7 Å². The fourth-order valence-corrected chi connectivity index (χ4v) is 1.85. The molecule has 0 aliphatic rings. The Balaban J connectivity index is 5.59. The molecule has 0 aliphatic carbocycles. The fourth-order valence-electron chi connectivity index (χ4n) is 0.378. The van der Waals surface area contributed by atoms with Crippen LogP contribution in [0.25, 0.3) is 0 Å². The predicted octanol–water partition coefficient (Wildman–Crippen LogP) is 0.612. The van der Waals surface area contributed by atoms with Crippen LogP contribution in [0.15, 0.2) is 23.0 Å². The summed E-state index contributed by atoms with van der Waals surface area (Å²) in [6, 6.07) is 0. The van der Waals surface area contributed by atoms with Gasteiger partial charge in [0.25, 0.3) is 0 Å². The molecule has 0 radical (unpaired) electrons. The summed E-state index contributed by atoms with van der Waals surface area (Å²) < 4.78 is 61.9. The molecule has 0 aromatic heterocycles. The summed E-state index contributed by atoms with van der Waals surface area (Å²) in [7, 11) is -11.1. The SMILES string of the molecule is C=CC=C(S(=O)(=O)F)S(=O)(=O)F. The van der Waals surface area contributed by atoms with Crippen molar-refractivity contribution in [2.75, 3.05) is 0 Å². The third-order valence-corrected chi connectivity index (χ3v) is 3.16. The maximum Gasteiger partial charge on any atom is 0.345 e. The predicted molar refractivity (Wildman–Crippen MR) is 38.3 cm³/mol. The molecule has 0 atom stereocenters. The van der Waals surface area contributed by atoms with Crippen LogP contribution in [0.2, 0.25) is 0 Å². The number of hydrogen-bond acceptors (Lipinski definition) is 4. The first-order valence-electron chi connectivity index (χ1n) is 2.41. The minimum absolute atomic E-state index is 0.213. The van der Waals surface area contributed by atoms with Gasteiger partial charge in [-0.2, -0.15) is 16.8 Å². The van der Waals surface area contributed by atoms with Crippen LogP contribution in [-0.2, 0) is 20.4 Å². The molecule has 70 valence electrons. The Kier molecular flexibility index (Phi) is 3.10. The van der Waals surface area contributed by atoms with E-state index in [0.717, 1.165) is 0 Å². The molecule has 8 heteroatoms. The number of hydrogen-bond donors (Lipinski definition) is 0. The van der Waals surface area contributed by atoms with Gasteiger partial charge in [-0.25, -0.2) is 0 Å². The highest BCUT2D eigenvalue weighted by Crippen LogP contribution is 2.17. The normalized spacial score (nSPS) is 12.2. The summed E-state index contributed by atoms with van der Waals surface area (Å²) in [5.41, 5.74) is 0. The lowest BCUT2D eigenvalue weighted by Gasteiger charge is -1.92. The Labute approximate surface area is 68.6 Å². The molecule has 0 spiro atoms. The van der Waals surface area contributed by atoms with Crippen LogP contribution in [-0.4, -0.2) is 16.8 Å². The molecule has 0 amide bonds. The first-order chi connectivity index (χ1) is 5.19. The molecular formula is C4H4F2O4S2. The van der Waals surface area contributed by atoms with Crippen LogP contribution in [0, 0.1) is 0 Å². The van der Waals surface area contributed by atoms with Crippen molar-refractivity contribution >= 4 is 20.4 Å². The number of allylic oxidation sites excluding steroid dienone is 2. The van der Waals surface area contributed by atoms with Crippen molar-refractivity contribution in [1.82, 2.24) is 0 Å². The minimum Gasteiger partial charge on any atom is -0.188 e. The third-order valence-electron chi connectivity index (χ3n) is 0.735. The van der Waals surface area contributed by atoms with E-state index in [2.05, 4.69) is 6.58 Å². The van der Waals surface area contributed by atoms with Crippen molar-refractivity contribution in [2.45, 2.75) is 0 Å². The van der Waals surface area contributed by atoms with Crippen molar-refractivity contribution < 1.29 is 24.6 Å². The summed E-state index contributed by atoms with van der Waals surface area (Å²) in [4.78, 5) is 0. The molecule has 12 heavy (non-hydrogen) atoms. The van der Waals surface area contributed by atoms with Crippen molar-refractivity contribution in [3.05, 3.63) is 23.0 Å². The van der Waals surface area contributed by atoms with Crippen LogP contribution in [0.4, 0.5) is 7.77 Å². The lowest BCUT2D eigenvalue weighted by Crippen LogP contribution is -2.04. The Morgan fingerprint density at radius 3 is 1.50 bits per heavy atom. The third kappa shape index (κ3) is 3.09. The molecule has 0 bridgehead atoms.